The van der Waals surface area contributed by atoms with E-state index in [4.69, 9.17) is 0 Å². The highest BCUT2D eigenvalue weighted by molar-refractivity contribution is 5.86. The Balaban J connectivity index is 1.93. The molecule has 4 N–H and O–H groups in total. The molecular formula is C12H13N7O3. The molecular weight excluding hydrogens is 290 g/mol. The Bertz CT molecular complexity index is 781. The zero-order valence-corrected chi connectivity index (χ0v) is 11.5. The fraction of sp³-hybridized carbons (Fsp3) is 0.167. The van der Waals surface area contributed by atoms with Gasteiger partial charge in [0.1, 0.15) is 6.04 Å². The summed E-state index contributed by atoms with van der Waals surface area (Å²) in [5.41, 5.74) is 1.64. The summed E-state index contributed by atoms with van der Waals surface area (Å²) < 4.78 is 0. The van der Waals surface area contributed by atoms with E-state index in [9.17, 15) is 14.4 Å². The molecule has 0 aliphatic carbocycles. The van der Waals surface area contributed by atoms with E-state index in [0.29, 0.717) is 0 Å². The smallest absolute Gasteiger partial charge is 0.342 e. The third-order valence-corrected chi connectivity index (χ3v) is 2.55. The molecule has 0 saturated heterocycles. The molecule has 0 aliphatic heterocycles. The molecule has 10 heteroatoms. The van der Waals surface area contributed by atoms with Gasteiger partial charge in [0.15, 0.2) is 0 Å². The van der Waals surface area contributed by atoms with Crippen LogP contribution >= 0.6 is 0 Å². The van der Waals surface area contributed by atoms with Crippen LogP contribution in [0.4, 0.5) is 5.82 Å². The second kappa shape index (κ2) is 6.92. The van der Waals surface area contributed by atoms with Crippen LogP contribution in [0.25, 0.3) is 0 Å². The number of pyridine rings is 1. The molecule has 0 radical (unpaired) electrons. The van der Waals surface area contributed by atoms with Gasteiger partial charge in [0.05, 0.1) is 6.21 Å². The number of carbonyl (C=O) groups excluding carboxylic acids is 1. The van der Waals surface area contributed by atoms with Crippen molar-refractivity contribution in [2.24, 2.45) is 5.10 Å². The van der Waals surface area contributed by atoms with E-state index in [-0.39, 0.29) is 5.82 Å². The highest BCUT2D eigenvalue weighted by atomic mass is 16.2. The van der Waals surface area contributed by atoms with Crippen LogP contribution in [-0.2, 0) is 4.79 Å². The number of carbonyl (C=O) groups is 1. The standard InChI is InChI=1S/C12H13N7O3/c1-7(15-9-11(21)16-12(22)19-17-9)10(20)18-14-6-8-2-4-13-5-3-8/h2-7H,1H3,(H,15,17)(H,18,20)(H2,16,19,21,22)/t7-/m0/s1. The first-order valence-electron chi connectivity index (χ1n) is 6.25. The molecule has 1 atom stereocenters. The van der Waals surface area contributed by atoms with Gasteiger partial charge in [-0.1, -0.05) is 0 Å². The van der Waals surface area contributed by atoms with E-state index in [2.05, 4.69) is 31.0 Å². The molecule has 0 aromatic carbocycles. The van der Waals surface area contributed by atoms with E-state index < -0.39 is 23.2 Å². The highest BCUT2D eigenvalue weighted by Crippen LogP contribution is 1.94. The van der Waals surface area contributed by atoms with Crippen LogP contribution in [0.5, 0.6) is 0 Å². The van der Waals surface area contributed by atoms with Crippen LogP contribution < -0.4 is 22.0 Å². The summed E-state index contributed by atoms with van der Waals surface area (Å²) >= 11 is 0. The number of nitrogens with one attached hydrogen (secondary N) is 4. The van der Waals surface area contributed by atoms with Crippen LogP contribution in [0, 0.1) is 0 Å². The predicted molar refractivity (Wildman–Crippen MR) is 78.5 cm³/mol. The molecule has 2 rings (SSSR count). The summed E-state index contributed by atoms with van der Waals surface area (Å²) in [6.45, 7) is 1.52. The van der Waals surface area contributed by atoms with E-state index >= 15 is 0 Å². The average Bonchev–Trinajstić information content (AvgIpc) is 2.51. The molecule has 2 heterocycles. The van der Waals surface area contributed by atoms with Crippen LogP contribution in [0.15, 0.2) is 39.2 Å². The third-order valence-electron chi connectivity index (χ3n) is 2.55. The topological polar surface area (TPSA) is 145 Å². The molecule has 0 spiro atoms. The van der Waals surface area contributed by atoms with Gasteiger partial charge in [-0.15, -0.1) is 5.10 Å². The van der Waals surface area contributed by atoms with Crippen molar-refractivity contribution in [3.05, 3.63) is 50.9 Å². The lowest BCUT2D eigenvalue weighted by molar-refractivity contribution is -0.121. The highest BCUT2D eigenvalue weighted by Gasteiger charge is 2.14. The van der Waals surface area contributed by atoms with Crippen LogP contribution in [0.2, 0.25) is 0 Å². The van der Waals surface area contributed by atoms with Gasteiger partial charge in [-0.05, 0) is 24.6 Å². The number of rotatable bonds is 5. The van der Waals surface area contributed by atoms with Gasteiger partial charge >= 0.3 is 5.69 Å². The largest absolute Gasteiger partial charge is 0.353 e. The van der Waals surface area contributed by atoms with Gasteiger partial charge in [0, 0.05) is 12.4 Å². The number of H-pyrrole nitrogens is 2. The maximum absolute atomic E-state index is 11.8. The maximum atomic E-state index is 11.8. The molecule has 0 unspecified atom stereocenters. The fourth-order valence-electron chi connectivity index (χ4n) is 1.43. The lowest BCUT2D eigenvalue weighted by Gasteiger charge is -2.11. The van der Waals surface area contributed by atoms with Crippen molar-refractivity contribution in [3.8, 4) is 0 Å². The number of anilines is 1. The number of hydrogen-bond acceptors (Lipinski definition) is 7. The Morgan fingerprint density at radius 2 is 2.09 bits per heavy atom. The molecule has 0 bridgehead atoms. The Morgan fingerprint density at radius 3 is 2.77 bits per heavy atom. The summed E-state index contributed by atoms with van der Waals surface area (Å²) in [5.74, 6) is -0.641. The van der Waals surface area contributed by atoms with Crippen molar-refractivity contribution in [2.75, 3.05) is 5.32 Å². The van der Waals surface area contributed by atoms with E-state index in [1.54, 1.807) is 24.5 Å². The van der Waals surface area contributed by atoms with E-state index in [0.717, 1.165) is 5.56 Å². The molecule has 10 nitrogen and oxygen atoms in total. The summed E-state index contributed by atoms with van der Waals surface area (Å²) in [6.07, 6.45) is 4.65. The molecule has 22 heavy (non-hydrogen) atoms. The lowest BCUT2D eigenvalue weighted by atomic mass is 10.3. The van der Waals surface area contributed by atoms with Crippen molar-refractivity contribution in [1.29, 1.82) is 0 Å². The van der Waals surface area contributed by atoms with Crippen LogP contribution in [0.1, 0.15) is 12.5 Å². The van der Waals surface area contributed by atoms with Gasteiger partial charge in [-0.2, -0.15) is 5.10 Å². The molecule has 114 valence electrons. The first-order chi connectivity index (χ1) is 10.6. The minimum absolute atomic E-state index is 0.166. The zero-order chi connectivity index (χ0) is 15.9. The Hall–Kier alpha value is -3.30. The minimum Gasteiger partial charge on any atom is -0.353 e. The van der Waals surface area contributed by atoms with Gasteiger partial charge in [-0.25, -0.2) is 15.3 Å². The summed E-state index contributed by atoms with van der Waals surface area (Å²) in [6, 6.07) is 2.66. The number of aromatic amines is 2. The number of hydrazone groups is 1. The quantitative estimate of drug-likeness (QED) is 0.403. The molecule has 0 aliphatic rings. The Kier molecular flexibility index (Phi) is 4.75. The molecule has 0 fully saturated rings. The number of amides is 1. The lowest BCUT2D eigenvalue weighted by Crippen LogP contribution is -2.38. The van der Waals surface area contributed by atoms with Gasteiger partial charge in [0.25, 0.3) is 11.5 Å². The van der Waals surface area contributed by atoms with Gasteiger partial charge in [-0.3, -0.25) is 19.6 Å². The first-order valence-corrected chi connectivity index (χ1v) is 6.25. The number of hydrogen-bond donors (Lipinski definition) is 4. The van der Waals surface area contributed by atoms with Crippen molar-refractivity contribution in [1.82, 2.24) is 25.6 Å². The normalized spacial score (nSPS) is 12.0. The summed E-state index contributed by atoms with van der Waals surface area (Å²) in [4.78, 5) is 39.9. The number of aromatic nitrogens is 4. The third kappa shape index (κ3) is 4.10. The van der Waals surface area contributed by atoms with Gasteiger partial charge < -0.3 is 5.32 Å². The van der Waals surface area contributed by atoms with Crippen molar-refractivity contribution >= 4 is 17.9 Å². The molecule has 2 aromatic heterocycles. The van der Waals surface area contributed by atoms with Crippen molar-refractivity contribution < 1.29 is 4.79 Å². The zero-order valence-electron chi connectivity index (χ0n) is 11.5. The van der Waals surface area contributed by atoms with Crippen LogP contribution in [-0.4, -0.2) is 38.3 Å². The Morgan fingerprint density at radius 1 is 1.36 bits per heavy atom. The first kappa shape index (κ1) is 15.1. The Labute approximate surface area is 123 Å². The minimum atomic E-state index is -0.783. The molecule has 0 saturated carbocycles. The second-order valence-corrected chi connectivity index (χ2v) is 4.24. The van der Waals surface area contributed by atoms with E-state index in [1.807, 2.05) is 4.98 Å². The number of nitrogens with zero attached hydrogens (tertiary/aromatic N) is 3. The van der Waals surface area contributed by atoms with E-state index in [1.165, 1.54) is 13.1 Å². The monoisotopic (exact) mass is 303 g/mol. The summed E-state index contributed by atoms with van der Waals surface area (Å²) in [5, 5.41) is 11.9. The maximum Gasteiger partial charge on any atom is 0.342 e. The molecule has 2 aromatic rings. The molecule has 1 amide bonds. The predicted octanol–water partition coefficient (Wildman–Crippen LogP) is -1.20. The second-order valence-electron chi connectivity index (χ2n) is 4.24. The SMILES string of the molecule is C[C@H](Nc1n[nH]c(=O)[nH]c1=O)C(=O)NN=Cc1ccncc1. The van der Waals surface area contributed by atoms with Crippen molar-refractivity contribution in [3.63, 3.8) is 0 Å². The summed E-state index contributed by atoms with van der Waals surface area (Å²) in [7, 11) is 0. The average molecular weight is 303 g/mol. The fourth-order valence-corrected chi connectivity index (χ4v) is 1.43. The van der Waals surface area contributed by atoms with Crippen LogP contribution in [0.3, 0.4) is 0 Å². The van der Waals surface area contributed by atoms with Gasteiger partial charge in [0.2, 0.25) is 5.82 Å². The van der Waals surface area contributed by atoms with Crippen molar-refractivity contribution in [2.45, 2.75) is 13.0 Å².